The molecule has 0 spiro atoms. The smallest absolute Gasteiger partial charge is 0.335 e. The van der Waals surface area contributed by atoms with E-state index in [4.69, 9.17) is 0 Å². The Morgan fingerprint density at radius 3 is 2.70 bits per heavy atom. The molecule has 11 heteroatoms. The van der Waals surface area contributed by atoms with Gasteiger partial charge < -0.3 is 15.7 Å². The predicted molar refractivity (Wildman–Crippen MR) is 130 cm³/mol. The molecule has 0 saturated carbocycles. The first-order chi connectivity index (χ1) is 17.7. The highest BCUT2D eigenvalue weighted by atomic mass is 19.1. The number of carbonyl (C=O) groups is 3. The molecule has 0 radical (unpaired) electrons. The van der Waals surface area contributed by atoms with E-state index in [2.05, 4.69) is 25.7 Å². The summed E-state index contributed by atoms with van der Waals surface area (Å²) in [6.45, 7) is 3.56. The summed E-state index contributed by atoms with van der Waals surface area (Å²) in [7, 11) is 0. The highest BCUT2D eigenvalue weighted by molar-refractivity contribution is 5.98. The molecule has 5 rings (SSSR count). The van der Waals surface area contributed by atoms with Crippen molar-refractivity contribution in [3.05, 3.63) is 93.3 Å². The second-order valence-electron chi connectivity index (χ2n) is 8.94. The molecule has 2 aromatic heterocycles. The van der Waals surface area contributed by atoms with Gasteiger partial charge in [0, 0.05) is 12.6 Å². The topological polar surface area (TPSA) is 139 Å². The van der Waals surface area contributed by atoms with Crippen LogP contribution in [-0.2, 0) is 13.0 Å². The Balaban J connectivity index is 1.37. The molecule has 1 atom stereocenters. The maximum absolute atomic E-state index is 13.5. The zero-order valence-corrected chi connectivity index (χ0v) is 20.1. The summed E-state index contributed by atoms with van der Waals surface area (Å²) in [5, 5.41) is 19.2. The van der Waals surface area contributed by atoms with Crippen molar-refractivity contribution in [3.63, 3.8) is 0 Å². The summed E-state index contributed by atoms with van der Waals surface area (Å²) in [6, 6.07) is 8.86. The van der Waals surface area contributed by atoms with Gasteiger partial charge in [0.2, 0.25) is 0 Å². The van der Waals surface area contributed by atoms with Crippen LogP contribution in [0.3, 0.4) is 0 Å². The van der Waals surface area contributed by atoms with Crippen molar-refractivity contribution in [2.75, 3.05) is 0 Å². The molecule has 0 fully saturated rings. The molecule has 3 N–H and O–H groups in total. The molecule has 2 amide bonds. The van der Waals surface area contributed by atoms with E-state index in [1.165, 1.54) is 23.0 Å². The molecule has 1 aliphatic carbocycles. The van der Waals surface area contributed by atoms with Gasteiger partial charge in [-0.1, -0.05) is 18.2 Å². The summed E-state index contributed by atoms with van der Waals surface area (Å²) in [5.41, 5.74) is 3.98. The lowest BCUT2D eigenvalue weighted by Gasteiger charge is -2.16. The molecule has 0 unspecified atom stereocenters. The van der Waals surface area contributed by atoms with Gasteiger partial charge in [0.25, 0.3) is 17.6 Å². The van der Waals surface area contributed by atoms with Crippen molar-refractivity contribution in [3.8, 4) is 0 Å². The Morgan fingerprint density at radius 1 is 1.14 bits per heavy atom. The lowest BCUT2D eigenvalue weighted by Crippen LogP contribution is -2.30. The Bertz CT molecular complexity index is 1580. The van der Waals surface area contributed by atoms with Crippen molar-refractivity contribution in [1.29, 1.82) is 0 Å². The average molecular weight is 503 g/mol. The van der Waals surface area contributed by atoms with Crippen LogP contribution in [0.4, 0.5) is 4.39 Å². The minimum Gasteiger partial charge on any atom is -0.478 e. The van der Waals surface area contributed by atoms with E-state index in [-0.39, 0.29) is 41.1 Å². The average Bonchev–Trinajstić information content (AvgIpc) is 3.51. The molecule has 2 aromatic carbocycles. The molecule has 37 heavy (non-hydrogen) atoms. The number of aromatic nitrogens is 4. The second-order valence-corrected chi connectivity index (χ2v) is 8.94. The Hall–Kier alpha value is -4.67. The number of hydrogen-bond acceptors (Lipinski definition) is 6. The van der Waals surface area contributed by atoms with Gasteiger partial charge in [0.05, 0.1) is 11.6 Å². The van der Waals surface area contributed by atoms with Gasteiger partial charge in [-0.25, -0.2) is 14.2 Å². The van der Waals surface area contributed by atoms with Crippen molar-refractivity contribution in [2.45, 2.75) is 39.3 Å². The minimum absolute atomic E-state index is 0.0155. The largest absolute Gasteiger partial charge is 0.478 e. The van der Waals surface area contributed by atoms with Crippen molar-refractivity contribution in [2.24, 2.45) is 0 Å². The number of carboxylic acids is 1. The second kappa shape index (κ2) is 9.41. The lowest BCUT2D eigenvalue weighted by molar-refractivity contribution is 0.0695. The number of hydrogen-bond donors (Lipinski definition) is 3. The number of rotatable bonds is 6. The maximum Gasteiger partial charge on any atom is 0.335 e. The molecule has 2 heterocycles. The monoisotopic (exact) mass is 502 g/mol. The number of amides is 2. The summed E-state index contributed by atoms with van der Waals surface area (Å²) in [4.78, 5) is 45.9. The number of carboxylic acid groups (broad SMARTS) is 1. The van der Waals surface area contributed by atoms with Gasteiger partial charge in [-0.2, -0.15) is 14.6 Å². The van der Waals surface area contributed by atoms with Crippen LogP contribution in [-0.4, -0.2) is 42.5 Å². The number of carbonyl (C=O) groups excluding carboxylic acids is 2. The Morgan fingerprint density at radius 2 is 1.95 bits per heavy atom. The highest BCUT2D eigenvalue weighted by Gasteiger charge is 2.29. The van der Waals surface area contributed by atoms with E-state index < -0.39 is 17.8 Å². The quantitative estimate of drug-likeness (QED) is 0.368. The van der Waals surface area contributed by atoms with E-state index in [1.54, 1.807) is 38.1 Å². The number of benzene rings is 2. The third-order valence-corrected chi connectivity index (χ3v) is 6.62. The Kier molecular flexibility index (Phi) is 6.12. The fraction of sp³-hybridized carbons (Fsp3) is 0.231. The molecule has 0 bridgehead atoms. The molecule has 1 aliphatic rings. The molecular formula is C26H23FN6O4. The van der Waals surface area contributed by atoms with Crippen LogP contribution in [0, 0.1) is 19.7 Å². The zero-order valence-electron chi connectivity index (χ0n) is 20.1. The van der Waals surface area contributed by atoms with Crippen LogP contribution in [0.2, 0.25) is 0 Å². The first kappa shape index (κ1) is 24.0. The fourth-order valence-corrected chi connectivity index (χ4v) is 4.67. The molecule has 0 saturated heterocycles. The molecule has 4 aromatic rings. The van der Waals surface area contributed by atoms with E-state index in [0.29, 0.717) is 24.0 Å². The van der Waals surface area contributed by atoms with Gasteiger partial charge in [-0.05, 0) is 66.6 Å². The van der Waals surface area contributed by atoms with Crippen LogP contribution in [0.25, 0.3) is 5.78 Å². The van der Waals surface area contributed by atoms with Crippen LogP contribution in [0.5, 0.6) is 0 Å². The number of aryl methyl sites for hydroxylation is 1. The van der Waals surface area contributed by atoms with Crippen LogP contribution >= 0.6 is 0 Å². The highest BCUT2D eigenvalue weighted by Crippen LogP contribution is 2.34. The fourth-order valence-electron chi connectivity index (χ4n) is 4.67. The Labute approximate surface area is 210 Å². The van der Waals surface area contributed by atoms with Crippen molar-refractivity contribution >= 4 is 23.6 Å². The number of nitrogens with zero attached hydrogens (tertiary/aromatic N) is 4. The molecule has 188 valence electrons. The molecule has 0 aliphatic heterocycles. The van der Waals surface area contributed by atoms with Crippen molar-refractivity contribution in [1.82, 2.24) is 30.2 Å². The van der Waals surface area contributed by atoms with Gasteiger partial charge in [-0.15, -0.1) is 0 Å². The van der Waals surface area contributed by atoms with Gasteiger partial charge in [0.15, 0.2) is 0 Å². The first-order valence-corrected chi connectivity index (χ1v) is 11.6. The van der Waals surface area contributed by atoms with Gasteiger partial charge in [0.1, 0.15) is 23.5 Å². The summed E-state index contributed by atoms with van der Waals surface area (Å²) in [6.07, 6.45) is 2.49. The van der Waals surface area contributed by atoms with E-state index >= 15 is 0 Å². The first-order valence-electron chi connectivity index (χ1n) is 11.6. The van der Waals surface area contributed by atoms with E-state index in [1.807, 2.05) is 0 Å². The zero-order chi connectivity index (χ0) is 26.3. The normalized spacial score (nSPS) is 14.4. The third-order valence-electron chi connectivity index (χ3n) is 6.62. The van der Waals surface area contributed by atoms with Crippen LogP contribution < -0.4 is 10.6 Å². The predicted octanol–water partition coefficient (Wildman–Crippen LogP) is 2.93. The number of halogens is 1. The van der Waals surface area contributed by atoms with Gasteiger partial charge in [-0.3, -0.25) is 9.59 Å². The number of nitrogens with one attached hydrogen (secondary N) is 2. The number of aromatic carboxylic acids is 1. The number of fused-ring (bicyclic) bond motifs is 2. The summed E-state index contributed by atoms with van der Waals surface area (Å²) >= 11 is 0. The van der Waals surface area contributed by atoms with E-state index in [0.717, 1.165) is 16.7 Å². The summed E-state index contributed by atoms with van der Waals surface area (Å²) in [5.74, 6) is -2.22. The SMILES string of the molecule is Cc1cc(CNC(=O)c2cc(C(=O)N[C@H]3CCc4c3ccc(C(=O)O)c4C)n3ncnc3n2)ccc1F. The van der Waals surface area contributed by atoms with Crippen molar-refractivity contribution < 1.29 is 23.9 Å². The standard InChI is InChI=1S/C26H23FN6O4/c1-13-9-15(3-7-19(13)27)11-28-23(34)21-10-22(33-26(32-21)29-12-30-33)24(35)31-20-8-6-16-14(2)17(25(36)37)4-5-18(16)20/h3-5,7,9-10,12,20H,6,8,11H2,1-2H3,(H,28,34)(H,31,35)(H,36,37)/t20-/m0/s1. The lowest BCUT2D eigenvalue weighted by atomic mass is 9.98. The molecular weight excluding hydrogens is 479 g/mol. The van der Waals surface area contributed by atoms with Crippen LogP contribution in [0.1, 0.15) is 71.6 Å². The van der Waals surface area contributed by atoms with Crippen LogP contribution in [0.15, 0.2) is 42.7 Å². The van der Waals surface area contributed by atoms with Gasteiger partial charge >= 0.3 is 5.97 Å². The summed E-state index contributed by atoms with van der Waals surface area (Å²) < 4.78 is 14.8. The maximum atomic E-state index is 13.5. The minimum atomic E-state index is -0.987. The van der Waals surface area contributed by atoms with E-state index in [9.17, 15) is 23.9 Å². The third kappa shape index (κ3) is 4.51. The molecule has 10 nitrogen and oxygen atoms in total.